The summed E-state index contributed by atoms with van der Waals surface area (Å²) >= 11 is 0. The Kier molecular flexibility index (Phi) is 4.78. The lowest BCUT2D eigenvalue weighted by Crippen LogP contribution is -2.05. The predicted octanol–water partition coefficient (Wildman–Crippen LogP) is 3.92. The Morgan fingerprint density at radius 1 is 1.13 bits per heavy atom. The first-order valence-corrected chi connectivity index (χ1v) is 6.53. The van der Waals surface area contributed by atoms with Crippen molar-refractivity contribution in [2.75, 3.05) is 7.11 Å². The van der Waals surface area contributed by atoms with Gasteiger partial charge in [-0.1, -0.05) is 12.1 Å². The Hall–Kier alpha value is -2.70. The van der Waals surface area contributed by atoms with Crippen molar-refractivity contribution in [3.05, 3.63) is 53.6 Å². The zero-order chi connectivity index (χ0) is 17.0. The molecule has 0 aromatic heterocycles. The van der Waals surface area contributed by atoms with Gasteiger partial charge in [-0.25, -0.2) is 0 Å². The first-order valence-electron chi connectivity index (χ1n) is 6.53. The summed E-state index contributed by atoms with van der Waals surface area (Å²) in [5.74, 6) is -1.12. The van der Waals surface area contributed by atoms with E-state index < -0.39 is 23.5 Å². The number of methoxy groups -OCH3 is 1. The molecule has 2 aromatic rings. The van der Waals surface area contributed by atoms with E-state index in [0.29, 0.717) is 11.6 Å². The second kappa shape index (κ2) is 6.60. The van der Waals surface area contributed by atoms with Crippen molar-refractivity contribution in [2.24, 2.45) is 0 Å². The van der Waals surface area contributed by atoms with E-state index in [0.717, 1.165) is 6.07 Å². The van der Waals surface area contributed by atoms with Crippen LogP contribution in [-0.2, 0) is 22.1 Å². The maximum absolute atomic E-state index is 12.7. The van der Waals surface area contributed by atoms with E-state index in [2.05, 4.69) is 4.74 Å². The summed E-state index contributed by atoms with van der Waals surface area (Å²) in [6.07, 6.45) is -4.66. The Bertz CT molecular complexity index is 711. The molecule has 2 aromatic carbocycles. The smallest absolute Gasteiger partial charge is 0.420 e. The van der Waals surface area contributed by atoms with Crippen molar-refractivity contribution in [2.45, 2.75) is 12.6 Å². The molecule has 0 bridgehead atoms. The molecule has 0 radical (unpaired) electrons. The first kappa shape index (κ1) is 16.7. The molecule has 122 valence electrons. The van der Waals surface area contributed by atoms with Crippen molar-refractivity contribution in [3.63, 3.8) is 0 Å². The lowest BCUT2D eigenvalue weighted by Gasteiger charge is -2.12. The number of ether oxygens (including phenoxy) is 2. The molecule has 0 heterocycles. The highest BCUT2D eigenvalue weighted by atomic mass is 19.4. The maximum Gasteiger partial charge on any atom is 0.420 e. The van der Waals surface area contributed by atoms with E-state index in [1.165, 1.54) is 19.2 Å². The minimum atomic E-state index is -4.68. The van der Waals surface area contributed by atoms with Crippen LogP contribution in [0.2, 0.25) is 0 Å². The van der Waals surface area contributed by atoms with E-state index in [4.69, 9.17) is 4.74 Å². The van der Waals surface area contributed by atoms with Gasteiger partial charge >= 0.3 is 12.1 Å². The van der Waals surface area contributed by atoms with Gasteiger partial charge in [0, 0.05) is 0 Å². The fraction of sp³-hybridized carbons (Fsp3) is 0.188. The molecule has 7 heteroatoms. The molecule has 2 rings (SSSR count). The average molecular weight is 326 g/mol. The summed E-state index contributed by atoms with van der Waals surface area (Å²) in [5.41, 5.74) is -0.579. The van der Waals surface area contributed by atoms with Crippen LogP contribution in [0.15, 0.2) is 42.5 Å². The minimum Gasteiger partial charge on any atom is -0.507 e. The van der Waals surface area contributed by atoms with Gasteiger partial charge in [-0.3, -0.25) is 4.79 Å². The number of benzene rings is 2. The second-order valence-corrected chi connectivity index (χ2v) is 4.68. The van der Waals surface area contributed by atoms with Gasteiger partial charge in [0.2, 0.25) is 0 Å². The van der Waals surface area contributed by atoms with Gasteiger partial charge in [-0.05, 0) is 35.9 Å². The normalized spacial score (nSPS) is 11.1. The molecule has 1 N–H and O–H groups in total. The fourth-order valence-electron chi connectivity index (χ4n) is 1.90. The molecule has 0 saturated carbocycles. The third kappa shape index (κ3) is 4.38. The highest BCUT2D eigenvalue weighted by Crippen LogP contribution is 2.38. The first-order chi connectivity index (χ1) is 10.8. The van der Waals surface area contributed by atoms with Crippen LogP contribution >= 0.6 is 0 Å². The lowest BCUT2D eigenvalue weighted by atomic mass is 10.1. The highest BCUT2D eigenvalue weighted by Gasteiger charge is 2.34. The Balaban J connectivity index is 2.23. The number of aromatic hydroxyl groups is 1. The van der Waals surface area contributed by atoms with Gasteiger partial charge in [-0.15, -0.1) is 0 Å². The number of alkyl halides is 3. The zero-order valence-corrected chi connectivity index (χ0v) is 12.1. The minimum absolute atomic E-state index is 0.0249. The van der Waals surface area contributed by atoms with E-state index in [9.17, 15) is 23.1 Å². The van der Waals surface area contributed by atoms with Crippen LogP contribution in [0.25, 0.3) is 0 Å². The maximum atomic E-state index is 12.7. The van der Waals surface area contributed by atoms with Crippen LogP contribution in [0.5, 0.6) is 17.2 Å². The topological polar surface area (TPSA) is 55.8 Å². The van der Waals surface area contributed by atoms with Crippen molar-refractivity contribution >= 4 is 5.97 Å². The van der Waals surface area contributed by atoms with Crippen LogP contribution < -0.4 is 4.74 Å². The Morgan fingerprint density at radius 2 is 1.83 bits per heavy atom. The van der Waals surface area contributed by atoms with Crippen LogP contribution in [0, 0.1) is 0 Å². The monoisotopic (exact) mass is 326 g/mol. The summed E-state index contributed by atoms with van der Waals surface area (Å²) in [5, 5.41) is 9.28. The van der Waals surface area contributed by atoms with Gasteiger partial charge in [0.05, 0.1) is 13.5 Å². The summed E-state index contributed by atoms with van der Waals surface area (Å²) in [6.45, 7) is 0. The average Bonchev–Trinajstić information content (AvgIpc) is 2.48. The molecule has 0 aliphatic rings. The summed E-state index contributed by atoms with van der Waals surface area (Å²) in [6, 6.07) is 9.19. The van der Waals surface area contributed by atoms with Crippen LogP contribution in [0.4, 0.5) is 13.2 Å². The van der Waals surface area contributed by atoms with Crippen LogP contribution in [0.3, 0.4) is 0 Å². The third-order valence-corrected chi connectivity index (χ3v) is 2.98. The number of hydrogen-bond acceptors (Lipinski definition) is 4. The molecule has 0 spiro atoms. The van der Waals surface area contributed by atoms with Crippen molar-refractivity contribution in [1.82, 2.24) is 0 Å². The number of phenols is 1. The number of halogens is 3. The molecule has 0 unspecified atom stereocenters. The molecule has 4 nitrogen and oxygen atoms in total. The summed E-state index contributed by atoms with van der Waals surface area (Å²) < 4.78 is 48.1. The molecular formula is C16H13F3O4. The molecule has 0 aliphatic carbocycles. The van der Waals surface area contributed by atoms with Gasteiger partial charge in [0.25, 0.3) is 0 Å². The zero-order valence-electron chi connectivity index (χ0n) is 12.1. The van der Waals surface area contributed by atoms with Crippen LogP contribution in [-0.4, -0.2) is 18.2 Å². The van der Waals surface area contributed by atoms with Gasteiger partial charge in [-0.2, -0.15) is 13.2 Å². The highest BCUT2D eigenvalue weighted by molar-refractivity contribution is 5.72. The fourth-order valence-corrected chi connectivity index (χ4v) is 1.90. The second-order valence-electron chi connectivity index (χ2n) is 4.68. The van der Waals surface area contributed by atoms with E-state index in [1.54, 1.807) is 18.2 Å². The molecule has 0 atom stereocenters. The number of hydrogen-bond donors (Lipinski definition) is 1. The largest absolute Gasteiger partial charge is 0.507 e. The Labute approximate surface area is 130 Å². The Morgan fingerprint density at radius 3 is 2.48 bits per heavy atom. The summed E-state index contributed by atoms with van der Waals surface area (Å²) in [7, 11) is 1.26. The quantitative estimate of drug-likeness (QED) is 0.865. The summed E-state index contributed by atoms with van der Waals surface area (Å²) in [4.78, 5) is 11.2. The molecule has 0 fully saturated rings. The van der Waals surface area contributed by atoms with E-state index in [-0.39, 0.29) is 17.9 Å². The van der Waals surface area contributed by atoms with Crippen molar-refractivity contribution in [1.29, 1.82) is 0 Å². The van der Waals surface area contributed by atoms with E-state index >= 15 is 0 Å². The van der Waals surface area contributed by atoms with Crippen molar-refractivity contribution < 1.29 is 32.5 Å². The van der Waals surface area contributed by atoms with Crippen molar-refractivity contribution in [3.8, 4) is 17.2 Å². The number of esters is 1. The van der Waals surface area contributed by atoms with Gasteiger partial charge in [0.15, 0.2) is 0 Å². The standard InChI is InChI=1S/C16H13F3O4/c1-22-15(21)8-10-3-2-4-11(7-10)23-12-5-6-14(20)13(9-12)16(17,18)19/h2-7,9,20H,8H2,1H3. The van der Waals surface area contributed by atoms with E-state index in [1.807, 2.05) is 0 Å². The van der Waals surface area contributed by atoms with Gasteiger partial charge < -0.3 is 14.6 Å². The number of carbonyl (C=O) groups excluding carboxylic acids is 1. The predicted molar refractivity (Wildman–Crippen MR) is 75.3 cm³/mol. The van der Waals surface area contributed by atoms with Gasteiger partial charge in [0.1, 0.15) is 22.8 Å². The number of phenolic OH excluding ortho intramolecular Hbond substituents is 1. The SMILES string of the molecule is COC(=O)Cc1cccc(Oc2ccc(O)c(C(F)(F)F)c2)c1. The molecule has 0 saturated heterocycles. The molecule has 0 amide bonds. The third-order valence-electron chi connectivity index (χ3n) is 2.98. The number of carbonyl (C=O) groups is 1. The molecule has 0 aliphatic heterocycles. The lowest BCUT2D eigenvalue weighted by molar-refractivity contribution is -0.140. The van der Waals surface area contributed by atoms with Crippen LogP contribution in [0.1, 0.15) is 11.1 Å². The number of rotatable bonds is 4. The molecule has 23 heavy (non-hydrogen) atoms. The molecular weight excluding hydrogens is 313 g/mol.